The van der Waals surface area contributed by atoms with Gasteiger partial charge in [0.1, 0.15) is 12.4 Å². The minimum atomic E-state index is -0.997. The smallest absolute Gasteiger partial charge is 0.326 e. The van der Waals surface area contributed by atoms with E-state index in [0.717, 1.165) is 22.8 Å². The maximum absolute atomic E-state index is 13.5. The summed E-state index contributed by atoms with van der Waals surface area (Å²) in [6.45, 7) is 6.70. The minimum absolute atomic E-state index is 0.166. The zero-order chi connectivity index (χ0) is 20.1. The van der Waals surface area contributed by atoms with Gasteiger partial charge in [-0.3, -0.25) is 14.4 Å². The zero-order valence-corrected chi connectivity index (χ0v) is 15.8. The van der Waals surface area contributed by atoms with E-state index in [9.17, 15) is 18.8 Å². The van der Waals surface area contributed by atoms with Gasteiger partial charge in [-0.15, -0.1) is 0 Å². The van der Waals surface area contributed by atoms with Gasteiger partial charge in [-0.2, -0.15) is 0 Å². The van der Waals surface area contributed by atoms with Crippen LogP contribution < -0.4 is 5.32 Å². The fourth-order valence-electron chi connectivity index (χ4n) is 2.63. The second kappa shape index (κ2) is 8.58. The van der Waals surface area contributed by atoms with Crippen molar-refractivity contribution in [3.63, 3.8) is 0 Å². The number of hydrogen-bond donors (Lipinski definition) is 1. The number of carbonyl (C=O) groups excluding carboxylic acids is 3. The molecule has 0 bridgehead atoms. The van der Waals surface area contributed by atoms with Crippen LogP contribution in [0.4, 0.5) is 4.39 Å². The van der Waals surface area contributed by atoms with E-state index in [1.165, 1.54) is 25.1 Å². The van der Waals surface area contributed by atoms with Crippen LogP contribution in [0.2, 0.25) is 0 Å². The number of hydrogen-bond acceptors (Lipinski definition) is 4. The van der Waals surface area contributed by atoms with Gasteiger partial charge in [0, 0.05) is 5.56 Å². The molecule has 5 nitrogen and oxygen atoms in total. The molecule has 142 valence electrons. The maximum Gasteiger partial charge on any atom is 0.326 e. The summed E-state index contributed by atoms with van der Waals surface area (Å²) >= 11 is 0. The number of halogens is 1. The molecule has 2 aromatic rings. The van der Waals surface area contributed by atoms with Crippen LogP contribution >= 0.6 is 0 Å². The zero-order valence-electron chi connectivity index (χ0n) is 15.8. The molecule has 0 aliphatic rings. The summed E-state index contributed by atoms with van der Waals surface area (Å²) < 4.78 is 18.7. The van der Waals surface area contributed by atoms with Crippen molar-refractivity contribution in [3.05, 3.63) is 70.0 Å². The summed E-state index contributed by atoms with van der Waals surface area (Å²) in [4.78, 5) is 36.4. The fourth-order valence-corrected chi connectivity index (χ4v) is 2.63. The summed E-state index contributed by atoms with van der Waals surface area (Å²) in [5, 5.41) is 2.29. The third-order valence-corrected chi connectivity index (χ3v) is 4.30. The van der Waals surface area contributed by atoms with E-state index in [1.54, 1.807) is 6.07 Å². The van der Waals surface area contributed by atoms with Gasteiger partial charge in [0.05, 0.1) is 5.56 Å². The molecule has 0 radical (unpaired) electrons. The van der Waals surface area contributed by atoms with Gasteiger partial charge >= 0.3 is 5.97 Å². The van der Waals surface area contributed by atoms with E-state index in [4.69, 9.17) is 4.74 Å². The van der Waals surface area contributed by atoms with Gasteiger partial charge in [0.15, 0.2) is 6.10 Å². The highest BCUT2D eigenvalue weighted by molar-refractivity contribution is 6.02. The third kappa shape index (κ3) is 5.00. The largest absolute Gasteiger partial charge is 0.453 e. The number of carbonyl (C=O) groups is 3. The summed E-state index contributed by atoms with van der Waals surface area (Å²) in [5.41, 5.74) is 3.18. The highest BCUT2D eigenvalue weighted by Gasteiger charge is 2.22. The second-order valence-corrected chi connectivity index (χ2v) is 6.41. The quantitative estimate of drug-likeness (QED) is 0.625. The van der Waals surface area contributed by atoms with Crippen LogP contribution in [0.25, 0.3) is 0 Å². The second-order valence-electron chi connectivity index (χ2n) is 6.41. The first-order valence-corrected chi connectivity index (χ1v) is 8.55. The lowest BCUT2D eigenvalue weighted by molar-refractivity contribution is -0.145. The maximum atomic E-state index is 13.5. The number of aryl methyl sites for hydroxylation is 3. The van der Waals surface area contributed by atoms with Gasteiger partial charge in [0.2, 0.25) is 5.78 Å². The van der Waals surface area contributed by atoms with Crippen LogP contribution in [0, 0.1) is 26.6 Å². The van der Waals surface area contributed by atoms with E-state index in [2.05, 4.69) is 5.32 Å². The molecule has 0 saturated carbocycles. The predicted molar refractivity (Wildman–Crippen MR) is 99.3 cm³/mol. The Morgan fingerprint density at radius 2 is 1.63 bits per heavy atom. The minimum Gasteiger partial charge on any atom is -0.453 e. The molecule has 0 spiro atoms. The molecule has 0 saturated heterocycles. The monoisotopic (exact) mass is 371 g/mol. The average Bonchev–Trinajstić information content (AvgIpc) is 2.62. The number of Topliss-reactive ketones (excluding diaryl/α,β-unsaturated/α-hetero) is 1. The highest BCUT2D eigenvalue weighted by atomic mass is 19.1. The van der Waals surface area contributed by atoms with Gasteiger partial charge in [0.25, 0.3) is 5.91 Å². The number of benzene rings is 2. The van der Waals surface area contributed by atoms with E-state index in [0.29, 0.717) is 5.56 Å². The van der Waals surface area contributed by atoms with Crippen molar-refractivity contribution in [1.29, 1.82) is 0 Å². The van der Waals surface area contributed by atoms with Crippen molar-refractivity contribution >= 4 is 17.7 Å². The average molecular weight is 371 g/mol. The molecule has 0 heterocycles. The lowest BCUT2D eigenvalue weighted by Crippen LogP contribution is -2.34. The molecular weight excluding hydrogens is 349 g/mol. The first kappa shape index (κ1) is 20.3. The third-order valence-electron chi connectivity index (χ3n) is 4.30. The Labute approximate surface area is 157 Å². The van der Waals surface area contributed by atoms with Gasteiger partial charge in [-0.1, -0.05) is 18.2 Å². The molecule has 1 N–H and O–H groups in total. The molecule has 1 amide bonds. The SMILES string of the molecule is Cc1cc(C)c(C(=O)[C@H](C)OC(=O)CNC(=O)c2ccccc2F)cc1C. The molecule has 27 heavy (non-hydrogen) atoms. The molecular formula is C21H22FNO4. The molecule has 2 rings (SSSR count). The van der Waals surface area contributed by atoms with Crippen LogP contribution in [0.1, 0.15) is 44.3 Å². The van der Waals surface area contributed by atoms with Crippen molar-refractivity contribution in [2.45, 2.75) is 33.8 Å². The summed E-state index contributed by atoms with van der Waals surface area (Å²) in [6, 6.07) is 9.12. The number of rotatable bonds is 6. The van der Waals surface area contributed by atoms with Crippen LogP contribution in [0.3, 0.4) is 0 Å². The van der Waals surface area contributed by atoms with Crippen LogP contribution in [-0.4, -0.2) is 30.3 Å². The molecule has 0 fully saturated rings. The van der Waals surface area contributed by atoms with Crippen LogP contribution in [0.5, 0.6) is 0 Å². The Kier molecular flexibility index (Phi) is 6.45. The van der Waals surface area contributed by atoms with Crippen molar-refractivity contribution < 1.29 is 23.5 Å². The highest BCUT2D eigenvalue weighted by Crippen LogP contribution is 2.18. The Morgan fingerprint density at radius 3 is 2.30 bits per heavy atom. The summed E-state index contributed by atoms with van der Waals surface area (Å²) in [7, 11) is 0. The molecule has 6 heteroatoms. The Bertz CT molecular complexity index is 892. The standard InChI is InChI=1S/C21H22FNO4/c1-12-9-14(3)17(10-13(12)2)20(25)15(4)27-19(24)11-23-21(26)16-7-5-6-8-18(16)22/h5-10,15H,11H2,1-4H3,(H,23,26)/t15-/m0/s1. The molecule has 2 aromatic carbocycles. The van der Waals surface area contributed by atoms with E-state index >= 15 is 0 Å². The summed E-state index contributed by atoms with van der Waals surface area (Å²) in [5.74, 6) is -2.50. The van der Waals surface area contributed by atoms with Gasteiger partial charge in [-0.25, -0.2) is 4.39 Å². The van der Waals surface area contributed by atoms with Crippen molar-refractivity contribution in [3.8, 4) is 0 Å². The number of nitrogens with one attached hydrogen (secondary N) is 1. The van der Waals surface area contributed by atoms with Crippen molar-refractivity contribution in [2.24, 2.45) is 0 Å². The number of esters is 1. The first-order chi connectivity index (χ1) is 12.7. The summed E-state index contributed by atoms with van der Waals surface area (Å²) in [6.07, 6.45) is -0.997. The topological polar surface area (TPSA) is 72.5 Å². The molecule has 0 aromatic heterocycles. The van der Waals surface area contributed by atoms with Crippen molar-refractivity contribution in [1.82, 2.24) is 5.32 Å². The number of ether oxygens (including phenoxy) is 1. The first-order valence-electron chi connectivity index (χ1n) is 8.55. The molecule has 0 unspecified atom stereocenters. The molecule has 0 aliphatic carbocycles. The Morgan fingerprint density at radius 1 is 1.00 bits per heavy atom. The van der Waals surface area contributed by atoms with E-state index < -0.39 is 30.3 Å². The van der Waals surface area contributed by atoms with Gasteiger partial charge < -0.3 is 10.1 Å². The predicted octanol–water partition coefficient (Wildman–Crippen LogP) is 3.30. The van der Waals surface area contributed by atoms with E-state index in [-0.39, 0.29) is 11.3 Å². The molecule has 1 atom stereocenters. The van der Waals surface area contributed by atoms with Crippen LogP contribution in [0.15, 0.2) is 36.4 Å². The number of amides is 1. The van der Waals surface area contributed by atoms with E-state index in [1.807, 2.05) is 26.8 Å². The normalized spacial score (nSPS) is 11.6. The Hall–Kier alpha value is -3.02. The molecule has 0 aliphatic heterocycles. The van der Waals surface area contributed by atoms with Gasteiger partial charge in [-0.05, 0) is 62.6 Å². The number of ketones is 1. The lowest BCUT2D eigenvalue weighted by atomic mass is 9.96. The fraction of sp³-hybridized carbons (Fsp3) is 0.286. The van der Waals surface area contributed by atoms with Crippen molar-refractivity contribution in [2.75, 3.05) is 6.54 Å². The lowest BCUT2D eigenvalue weighted by Gasteiger charge is -2.15. The Balaban J connectivity index is 1.95. The van der Waals surface area contributed by atoms with Crippen LogP contribution in [-0.2, 0) is 9.53 Å².